The fourth-order valence-electron chi connectivity index (χ4n) is 1.93. The highest BCUT2D eigenvalue weighted by Gasteiger charge is 2.24. The molecule has 1 fully saturated rings. The zero-order valence-corrected chi connectivity index (χ0v) is 10.1. The van der Waals surface area contributed by atoms with Crippen LogP contribution in [-0.4, -0.2) is 11.9 Å². The molecule has 0 bridgehead atoms. The topological polar surface area (TPSA) is 79.2 Å². The lowest BCUT2D eigenvalue weighted by Crippen LogP contribution is -2.35. The summed E-state index contributed by atoms with van der Waals surface area (Å²) in [5.74, 6) is -1.79. The molecule has 1 aliphatic carbocycles. The molecule has 0 saturated heterocycles. The molecule has 1 N–H and O–H groups in total. The summed E-state index contributed by atoms with van der Waals surface area (Å²) >= 11 is 0. The summed E-state index contributed by atoms with van der Waals surface area (Å²) in [6, 6.07) is 1.83. The molecule has 0 aromatic heterocycles. The lowest BCUT2D eigenvalue weighted by atomic mass is 9.89. The highest BCUT2D eigenvalue weighted by Crippen LogP contribution is 2.23. The van der Waals surface area contributed by atoms with Crippen LogP contribution in [0.5, 0.6) is 0 Å². The third-order valence-corrected chi connectivity index (χ3v) is 3.08. The SMILES string of the molecule is CCC(C#N)C(=O)ONC(=O)C1CCCCC1. The van der Waals surface area contributed by atoms with Gasteiger partial charge in [0.25, 0.3) is 5.91 Å². The summed E-state index contributed by atoms with van der Waals surface area (Å²) in [7, 11) is 0. The first-order valence-electron chi connectivity index (χ1n) is 6.09. The average molecular weight is 238 g/mol. The molecule has 0 radical (unpaired) electrons. The van der Waals surface area contributed by atoms with Crippen LogP contribution in [0.3, 0.4) is 0 Å². The number of hydrogen-bond acceptors (Lipinski definition) is 4. The molecular formula is C12H18N2O3. The maximum absolute atomic E-state index is 11.6. The molecule has 1 rings (SSSR count). The predicted molar refractivity (Wildman–Crippen MR) is 60.2 cm³/mol. The van der Waals surface area contributed by atoms with E-state index in [1.54, 1.807) is 6.92 Å². The molecule has 1 amide bonds. The van der Waals surface area contributed by atoms with Crippen LogP contribution in [0.15, 0.2) is 0 Å². The van der Waals surface area contributed by atoms with Gasteiger partial charge in [-0.15, -0.1) is 0 Å². The number of amides is 1. The van der Waals surface area contributed by atoms with Gasteiger partial charge in [0.15, 0.2) is 0 Å². The second-order valence-corrected chi connectivity index (χ2v) is 4.31. The summed E-state index contributed by atoms with van der Waals surface area (Å²) in [5, 5.41) is 8.65. The van der Waals surface area contributed by atoms with Gasteiger partial charge in [0.2, 0.25) is 0 Å². The zero-order valence-electron chi connectivity index (χ0n) is 10.1. The smallest absolute Gasteiger partial charge is 0.339 e. The van der Waals surface area contributed by atoms with E-state index >= 15 is 0 Å². The Morgan fingerprint density at radius 2 is 2.06 bits per heavy atom. The van der Waals surface area contributed by atoms with Crippen LogP contribution in [-0.2, 0) is 14.4 Å². The number of hydrogen-bond donors (Lipinski definition) is 1. The van der Waals surface area contributed by atoms with Crippen molar-refractivity contribution in [3.63, 3.8) is 0 Å². The van der Waals surface area contributed by atoms with Crippen molar-refractivity contribution in [3.8, 4) is 6.07 Å². The van der Waals surface area contributed by atoms with Crippen LogP contribution >= 0.6 is 0 Å². The fourth-order valence-corrected chi connectivity index (χ4v) is 1.93. The Bertz CT molecular complexity index is 316. The molecule has 94 valence electrons. The van der Waals surface area contributed by atoms with Crippen LogP contribution in [0.4, 0.5) is 0 Å². The third-order valence-electron chi connectivity index (χ3n) is 3.08. The van der Waals surface area contributed by atoms with Gasteiger partial charge in [-0.3, -0.25) is 4.79 Å². The summed E-state index contributed by atoms with van der Waals surface area (Å²) in [5.41, 5.74) is 2.16. The predicted octanol–water partition coefficient (Wildman–Crippen LogP) is 1.69. The first-order valence-corrected chi connectivity index (χ1v) is 6.09. The van der Waals surface area contributed by atoms with Crippen LogP contribution in [0.25, 0.3) is 0 Å². The van der Waals surface area contributed by atoms with Crippen molar-refractivity contribution in [2.24, 2.45) is 11.8 Å². The minimum absolute atomic E-state index is 0.0567. The van der Waals surface area contributed by atoms with E-state index in [4.69, 9.17) is 5.26 Å². The molecule has 17 heavy (non-hydrogen) atoms. The monoisotopic (exact) mass is 238 g/mol. The van der Waals surface area contributed by atoms with Crippen molar-refractivity contribution in [2.75, 3.05) is 0 Å². The van der Waals surface area contributed by atoms with Crippen molar-refractivity contribution in [2.45, 2.75) is 45.4 Å². The molecule has 5 heteroatoms. The largest absolute Gasteiger partial charge is 0.349 e. The number of nitrogens with zero attached hydrogens (tertiary/aromatic N) is 1. The van der Waals surface area contributed by atoms with Crippen molar-refractivity contribution < 1.29 is 14.4 Å². The minimum Gasteiger partial charge on any atom is -0.339 e. The molecule has 0 aromatic rings. The van der Waals surface area contributed by atoms with Gasteiger partial charge in [0.1, 0.15) is 5.92 Å². The first kappa shape index (κ1) is 13.5. The van der Waals surface area contributed by atoms with E-state index < -0.39 is 11.9 Å². The Balaban J connectivity index is 2.32. The lowest BCUT2D eigenvalue weighted by molar-refractivity contribution is -0.162. The molecule has 0 aromatic carbocycles. The van der Waals surface area contributed by atoms with Gasteiger partial charge in [-0.05, 0) is 19.3 Å². The van der Waals surface area contributed by atoms with Gasteiger partial charge in [-0.2, -0.15) is 10.7 Å². The standard InChI is InChI=1S/C12H18N2O3/c1-2-9(8-13)12(16)17-14-11(15)10-6-4-3-5-7-10/h9-10H,2-7H2,1H3,(H,14,15). The molecule has 1 saturated carbocycles. The third kappa shape index (κ3) is 4.06. The van der Waals surface area contributed by atoms with E-state index in [1.807, 2.05) is 6.07 Å². The number of rotatable bonds is 3. The van der Waals surface area contributed by atoms with E-state index in [9.17, 15) is 9.59 Å². The second-order valence-electron chi connectivity index (χ2n) is 4.31. The highest BCUT2D eigenvalue weighted by molar-refractivity contribution is 5.81. The Morgan fingerprint density at radius 1 is 1.41 bits per heavy atom. The van der Waals surface area contributed by atoms with Crippen molar-refractivity contribution in [1.82, 2.24) is 5.48 Å². The van der Waals surface area contributed by atoms with E-state index in [0.29, 0.717) is 6.42 Å². The van der Waals surface area contributed by atoms with E-state index in [2.05, 4.69) is 10.3 Å². The summed E-state index contributed by atoms with van der Waals surface area (Å²) in [4.78, 5) is 27.6. The maximum Gasteiger partial charge on any atom is 0.349 e. The molecule has 0 spiro atoms. The Hall–Kier alpha value is -1.57. The normalized spacial score (nSPS) is 17.9. The van der Waals surface area contributed by atoms with Crippen LogP contribution in [0, 0.1) is 23.2 Å². The van der Waals surface area contributed by atoms with Crippen molar-refractivity contribution in [3.05, 3.63) is 0 Å². The first-order chi connectivity index (χ1) is 8.19. The number of carbonyl (C=O) groups is 2. The van der Waals surface area contributed by atoms with Gasteiger partial charge >= 0.3 is 5.97 Å². The van der Waals surface area contributed by atoms with Gasteiger partial charge in [0.05, 0.1) is 6.07 Å². The van der Waals surface area contributed by atoms with Crippen molar-refractivity contribution >= 4 is 11.9 Å². The van der Waals surface area contributed by atoms with Gasteiger partial charge in [-0.25, -0.2) is 4.79 Å². The summed E-state index contributed by atoms with van der Waals surface area (Å²) in [6.45, 7) is 1.72. The molecular weight excluding hydrogens is 220 g/mol. The second kappa shape index (κ2) is 6.89. The average Bonchev–Trinajstić information content (AvgIpc) is 2.38. The highest BCUT2D eigenvalue weighted by atomic mass is 16.7. The molecule has 0 heterocycles. The quantitative estimate of drug-likeness (QED) is 0.759. The van der Waals surface area contributed by atoms with Gasteiger partial charge in [-0.1, -0.05) is 26.2 Å². The fraction of sp³-hybridized carbons (Fsp3) is 0.750. The van der Waals surface area contributed by atoms with Crippen LogP contribution in [0.2, 0.25) is 0 Å². The Kier molecular flexibility index (Phi) is 5.47. The minimum atomic E-state index is -0.804. The number of nitrogens with one attached hydrogen (secondary N) is 1. The molecule has 5 nitrogen and oxygen atoms in total. The van der Waals surface area contributed by atoms with Crippen LogP contribution in [0.1, 0.15) is 45.4 Å². The van der Waals surface area contributed by atoms with Gasteiger partial charge < -0.3 is 4.84 Å². The lowest BCUT2D eigenvalue weighted by Gasteiger charge is -2.20. The molecule has 1 aliphatic rings. The van der Waals surface area contributed by atoms with Gasteiger partial charge in [0, 0.05) is 5.92 Å². The summed E-state index contributed by atoms with van der Waals surface area (Å²) in [6.07, 6.45) is 5.33. The number of nitriles is 1. The maximum atomic E-state index is 11.6. The van der Waals surface area contributed by atoms with Crippen molar-refractivity contribution in [1.29, 1.82) is 5.26 Å². The summed E-state index contributed by atoms with van der Waals surface area (Å²) < 4.78 is 0. The molecule has 0 aliphatic heterocycles. The van der Waals surface area contributed by atoms with E-state index in [1.165, 1.54) is 0 Å². The molecule has 1 atom stereocenters. The molecule has 1 unspecified atom stereocenters. The zero-order chi connectivity index (χ0) is 12.7. The number of hydroxylamine groups is 1. The Labute approximate surface area is 101 Å². The Morgan fingerprint density at radius 3 is 2.59 bits per heavy atom. The number of carbonyl (C=O) groups excluding carboxylic acids is 2. The van der Waals surface area contributed by atoms with E-state index in [0.717, 1.165) is 32.1 Å². The van der Waals surface area contributed by atoms with Crippen LogP contribution < -0.4 is 5.48 Å². The van der Waals surface area contributed by atoms with E-state index in [-0.39, 0.29) is 11.8 Å².